The Morgan fingerprint density at radius 1 is 1.64 bits per heavy atom. The fourth-order valence-electron chi connectivity index (χ4n) is 0.808. The third kappa shape index (κ3) is 3.98. The standard InChI is InChI=1S/C8H17NO2/c1-4-8(2)9(7-10)5-6-11-3/h7-8H,4-6H2,1-3H3. The molecule has 1 amide bonds. The lowest BCUT2D eigenvalue weighted by Crippen LogP contribution is -2.33. The Morgan fingerprint density at radius 3 is 2.64 bits per heavy atom. The Bertz CT molecular complexity index is 106. The van der Waals surface area contributed by atoms with Gasteiger partial charge in [-0.25, -0.2) is 0 Å². The van der Waals surface area contributed by atoms with E-state index in [1.54, 1.807) is 12.0 Å². The van der Waals surface area contributed by atoms with Crippen LogP contribution in [0.4, 0.5) is 0 Å². The van der Waals surface area contributed by atoms with E-state index in [1.165, 1.54) is 0 Å². The molecule has 0 radical (unpaired) electrons. The van der Waals surface area contributed by atoms with E-state index < -0.39 is 0 Å². The molecule has 66 valence electrons. The van der Waals surface area contributed by atoms with Crippen molar-refractivity contribution in [1.29, 1.82) is 0 Å². The van der Waals surface area contributed by atoms with E-state index in [0.717, 1.165) is 12.8 Å². The van der Waals surface area contributed by atoms with Crippen molar-refractivity contribution in [1.82, 2.24) is 4.90 Å². The van der Waals surface area contributed by atoms with Gasteiger partial charge in [0.05, 0.1) is 6.61 Å². The van der Waals surface area contributed by atoms with E-state index in [1.807, 2.05) is 6.92 Å². The number of rotatable bonds is 6. The molecule has 3 heteroatoms. The normalized spacial score (nSPS) is 12.6. The molecule has 0 bridgehead atoms. The molecule has 3 nitrogen and oxygen atoms in total. The third-order valence-electron chi connectivity index (χ3n) is 1.85. The van der Waals surface area contributed by atoms with E-state index in [9.17, 15) is 4.79 Å². The first-order chi connectivity index (χ1) is 5.26. The lowest BCUT2D eigenvalue weighted by Gasteiger charge is -2.23. The van der Waals surface area contributed by atoms with E-state index in [2.05, 4.69) is 6.92 Å². The van der Waals surface area contributed by atoms with Crippen molar-refractivity contribution in [3.63, 3.8) is 0 Å². The Labute approximate surface area is 68.3 Å². The number of carbonyl (C=O) groups is 1. The Kier molecular flexibility index (Phi) is 5.84. The number of ether oxygens (including phenoxy) is 1. The molecule has 0 saturated carbocycles. The van der Waals surface area contributed by atoms with Crippen LogP contribution in [0, 0.1) is 0 Å². The fraction of sp³-hybridized carbons (Fsp3) is 0.875. The average Bonchev–Trinajstić information content (AvgIpc) is 2.05. The molecule has 0 fully saturated rings. The Balaban J connectivity index is 3.65. The zero-order valence-electron chi connectivity index (χ0n) is 7.54. The quantitative estimate of drug-likeness (QED) is 0.539. The zero-order valence-corrected chi connectivity index (χ0v) is 7.54. The predicted molar refractivity (Wildman–Crippen MR) is 44.4 cm³/mol. The number of nitrogens with zero attached hydrogens (tertiary/aromatic N) is 1. The van der Waals surface area contributed by atoms with Gasteiger partial charge in [0.1, 0.15) is 0 Å². The predicted octanol–water partition coefficient (Wildman–Crippen LogP) is 0.890. The van der Waals surface area contributed by atoms with Crippen molar-refractivity contribution >= 4 is 6.41 Å². The highest BCUT2D eigenvalue weighted by Crippen LogP contribution is 1.99. The molecule has 0 rings (SSSR count). The van der Waals surface area contributed by atoms with Crippen molar-refractivity contribution in [2.24, 2.45) is 0 Å². The van der Waals surface area contributed by atoms with E-state index in [4.69, 9.17) is 4.74 Å². The lowest BCUT2D eigenvalue weighted by atomic mass is 10.2. The summed E-state index contributed by atoms with van der Waals surface area (Å²) in [6.45, 7) is 5.40. The van der Waals surface area contributed by atoms with Crippen LogP contribution >= 0.6 is 0 Å². The summed E-state index contributed by atoms with van der Waals surface area (Å²) in [6.07, 6.45) is 1.87. The largest absolute Gasteiger partial charge is 0.383 e. The molecule has 0 aliphatic rings. The minimum Gasteiger partial charge on any atom is -0.383 e. The van der Waals surface area contributed by atoms with Gasteiger partial charge in [0.15, 0.2) is 0 Å². The van der Waals surface area contributed by atoms with Crippen molar-refractivity contribution in [3.05, 3.63) is 0 Å². The molecular formula is C8H17NO2. The number of hydrogen-bond acceptors (Lipinski definition) is 2. The van der Waals surface area contributed by atoms with E-state index >= 15 is 0 Å². The number of hydrogen-bond donors (Lipinski definition) is 0. The molecule has 0 aromatic rings. The van der Waals surface area contributed by atoms with Crippen molar-refractivity contribution < 1.29 is 9.53 Å². The summed E-state index contributed by atoms with van der Waals surface area (Å²) < 4.78 is 4.87. The molecule has 0 aromatic heterocycles. The SMILES string of the molecule is CCC(C)N(C=O)CCOC. The Hall–Kier alpha value is -0.570. The van der Waals surface area contributed by atoms with Crippen LogP contribution in [0.3, 0.4) is 0 Å². The van der Waals surface area contributed by atoms with Gasteiger partial charge in [0.25, 0.3) is 0 Å². The number of carbonyl (C=O) groups excluding carboxylic acids is 1. The van der Waals surface area contributed by atoms with Crippen LogP contribution in [0.25, 0.3) is 0 Å². The number of methoxy groups -OCH3 is 1. The lowest BCUT2D eigenvalue weighted by molar-refractivity contribution is -0.120. The average molecular weight is 159 g/mol. The molecule has 0 aliphatic carbocycles. The number of amides is 1. The van der Waals surface area contributed by atoms with Gasteiger partial charge in [-0.2, -0.15) is 0 Å². The molecule has 0 aliphatic heterocycles. The van der Waals surface area contributed by atoms with Gasteiger partial charge < -0.3 is 9.64 Å². The topological polar surface area (TPSA) is 29.5 Å². The maximum absolute atomic E-state index is 10.5. The summed E-state index contributed by atoms with van der Waals surface area (Å²) in [4.78, 5) is 12.2. The van der Waals surface area contributed by atoms with E-state index in [0.29, 0.717) is 19.2 Å². The van der Waals surface area contributed by atoms with Crippen LogP contribution in [0.5, 0.6) is 0 Å². The highest BCUT2D eigenvalue weighted by atomic mass is 16.5. The molecule has 0 N–H and O–H groups in total. The van der Waals surface area contributed by atoms with Gasteiger partial charge in [-0.15, -0.1) is 0 Å². The second-order valence-corrected chi connectivity index (χ2v) is 2.59. The second kappa shape index (κ2) is 6.16. The summed E-state index contributed by atoms with van der Waals surface area (Å²) in [5.74, 6) is 0. The van der Waals surface area contributed by atoms with Crippen LogP contribution in [-0.2, 0) is 9.53 Å². The van der Waals surface area contributed by atoms with Gasteiger partial charge in [0.2, 0.25) is 6.41 Å². The smallest absolute Gasteiger partial charge is 0.210 e. The first-order valence-electron chi connectivity index (χ1n) is 3.96. The highest BCUT2D eigenvalue weighted by Gasteiger charge is 2.07. The Morgan fingerprint density at radius 2 is 2.27 bits per heavy atom. The fourth-order valence-corrected chi connectivity index (χ4v) is 0.808. The summed E-state index contributed by atoms with van der Waals surface area (Å²) in [5, 5.41) is 0. The minimum absolute atomic E-state index is 0.322. The minimum atomic E-state index is 0.322. The first kappa shape index (κ1) is 10.4. The van der Waals surface area contributed by atoms with Crippen molar-refractivity contribution in [2.45, 2.75) is 26.3 Å². The molecular weight excluding hydrogens is 142 g/mol. The van der Waals surface area contributed by atoms with Crippen LogP contribution < -0.4 is 0 Å². The molecule has 0 saturated heterocycles. The summed E-state index contributed by atoms with van der Waals surface area (Å²) in [5.41, 5.74) is 0. The van der Waals surface area contributed by atoms with E-state index in [-0.39, 0.29) is 0 Å². The maximum atomic E-state index is 10.5. The molecule has 0 aromatic carbocycles. The molecule has 0 heterocycles. The van der Waals surface area contributed by atoms with Crippen molar-refractivity contribution in [2.75, 3.05) is 20.3 Å². The second-order valence-electron chi connectivity index (χ2n) is 2.59. The van der Waals surface area contributed by atoms with Gasteiger partial charge in [-0.1, -0.05) is 6.92 Å². The van der Waals surface area contributed by atoms with Gasteiger partial charge >= 0.3 is 0 Å². The summed E-state index contributed by atoms with van der Waals surface area (Å²) >= 11 is 0. The van der Waals surface area contributed by atoms with Crippen molar-refractivity contribution in [3.8, 4) is 0 Å². The first-order valence-corrected chi connectivity index (χ1v) is 3.96. The molecule has 1 unspecified atom stereocenters. The molecule has 0 spiro atoms. The van der Waals surface area contributed by atoms with Crippen LogP contribution in [0.1, 0.15) is 20.3 Å². The third-order valence-corrected chi connectivity index (χ3v) is 1.85. The van der Waals surface area contributed by atoms with Gasteiger partial charge in [-0.3, -0.25) is 4.79 Å². The summed E-state index contributed by atoms with van der Waals surface area (Å²) in [7, 11) is 1.64. The zero-order chi connectivity index (χ0) is 8.69. The highest BCUT2D eigenvalue weighted by molar-refractivity contribution is 5.47. The maximum Gasteiger partial charge on any atom is 0.210 e. The summed E-state index contributed by atoms with van der Waals surface area (Å²) in [6, 6.07) is 0.322. The molecule has 11 heavy (non-hydrogen) atoms. The molecule has 1 atom stereocenters. The van der Waals surface area contributed by atoms with Crippen LogP contribution in [0.15, 0.2) is 0 Å². The monoisotopic (exact) mass is 159 g/mol. The van der Waals surface area contributed by atoms with Crippen LogP contribution in [0.2, 0.25) is 0 Å². The van der Waals surface area contributed by atoms with Crippen LogP contribution in [-0.4, -0.2) is 37.6 Å². The van der Waals surface area contributed by atoms with Gasteiger partial charge in [-0.05, 0) is 13.3 Å². The van der Waals surface area contributed by atoms with Gasteiger partial charge in [0, 0.05) is 19.7 Å².